The molecule has 0 amide bonds. The van der Waals surface area contributed by atoms with Crippen molar-refractivity contribution in [2.45, 2.75) is 26.2 Å². The third-order valence-corrected chi connectivity index (χ3v) is 3.33. The fraction of sp³-hybridized carbons (Fsp3) is 0.250. The van der Waals surface area contributed by atoms with E-state index in [0.29, 0.717) is 5.56 Å². The van der Waals surface area contributed by atoms with Gasteiger partial charge in [-0.15, -0.1) is 0 Å². The van der Waals surface area contributed by atoms with E-state index in [9.17, 15) is 0 Å². The van der Waals surface area contributed by atoms with Crippen LogP contribution in [0.15, 0.2) is 36.4 Å². The Morgan fingerprint density at radius 2 is 1.89 bits per heavy atom. The monoisotopic (exact) mass is 270 g/mol. The molecule has 0 saturated heterocycles. The molecule has 0 N–H and O–H groups in total. The summed E-state index contributed by atoms with van der Waals surface area (Å²) in [5, 5.41) is 9.08. The van der Waals surface area contributed by atoms with E-state index in [4.69, 9.17) is 16.9 Å². The molecule has 0 aliphatic rings. The number of nitriles is 1. The van der Waals surface area contributed by atoms with Gasteiger partial charge in [-0.2, -0.15) is 5.26 Å². The highest BCUT2D eigenvalue weighted by atomic mass is 35.5. The smallest absolute Gasteiger partial charge is 0.147 e. The van der Waals surface area contributed by atoms with Crippen molar-refractivity contribution in [1.29, 1.82) is 5.26 Å². The van der Waals surface area contributed by atoms with Crippen molar-refractivity contribution in [3.8, 4) is 17.3 Å². The summed E-state index contributed by atoms with van der Waals surface area (Å²) >= 11 is 5.95. The number of aromatic nitrogens is 1. The Bertz CT molecular complexity index is 597. The molecule has 0 radical (unpaired) electrons. The number of nitrogens with zero attached hydrogens (tertiary/aromatic N) is 2. The van der Waals surface area contributed by atoms with E-state index in [0.717, 1.165) is 17.7 Å². The lowest BCUT2D eigenvalue weighted by atomic mass is 10.0. The fourth-order valence-electron chi connectivity index (χ4n) is 1.90. The summed E-state index contributed by atoms with van der Waals surface area (Å²) in [7, 11) is 0. The van der Waals surface area contributed by atoms with Gasteiger partial charge in [0, 0.05) is 5.56 Å². The van der Waals surface area contributed by atoms with Crippen LogP contribution in [0.3, 0.4) is 0 Å². The maximum Gasteiger partial charge on any atom is 0.147 e. The second-order valence-electron chi connectivity index (χ2n) is 4.45. The van der Waals surface area contributed by atoms with Gasteiger partial charge in [0.25, 0.3) is 0 Å². The number of aryl methyl sites for hydroxylation is 1. The van der Waals surface area contributed by atoms with Crippen LogP contribution < -0.4 is 0 Å². The Morgan fingerprint density at radius 3 is 2.47 bits per heavy atom. The van der Waals surface area contributed by atoms with Crippen LogP contribution in [0.5, 0.6) is 0 Å². The van der Waals surface area contributed by atoms with Gasteiger partial charge in [-0.05, 0) is 30.5 Å². The van der Waals surface area contributed by atoms with Crippen LogP contribution in [-0.2, 0) is 6.42 Å². The lowest BCUT2D eigenvalue weighted by molar-refractivity contribution is 0.795. The lowest BCUT2D eigenvalue weighted by Gasteiger charge is -2.04. The molecule has 0 spiro atoms. The Hall–Kier alpha value is -1.85. The van der Waals surface area contributed by atoms with Crippen LogP contribution in [0.2, 0.25) is 5.15 Å². The molecule has 2 rings (SSSR count). The highest BCUT2D eigenvalue weighted by Crippen LogP contribution is 2.22. The van der Waals surface area contributed by atoms with Crippen molar-refractivity contribution in [2.24, 2.45) is 0 Å². The molecule has 2 nitrogen and oxygen atoms in total. The first kappa shape index (κ1) is 13.6. The predicted molar refractivity (Wildman–Crippen MR) is 78.0 cm³/mol. The summed E-state index contributed by atoms with van der Waals surface area (Å²) < 4.78 is 0. The van der Waals surface area contributed by atoms with E-state index in [1.807, 2.05) is 12.1 Å². The third-order valence-electron chi connectivity index (χ3n) is 3.04. The Balaban J connectivity index is 2.22. The zero-order valence-corrected chi connectivity index (χ0v) is 11.6. The number of halogens is 1. The molecule has 0 bridgehead atoms. The molecule has 0 aliphatic heterocycles. The molecule has 96 valence electrons. The minimum absolute atomic E-state index is 0.259. The minimum atomic E-state index is 0.259. The Morgan fingerprint density at radius 1 is 1.16 bits per heavy atom. The van der Waals surface area contributed by atoms with E-state index < -0.39 is 0 Å². The van der Waals surface area contributed by atoms with Gasteiger partial charge >= 0.3 is 0 Å². The molecule has 0 atom stereocenters. The molecule has 3 heteroatoms. The van der Waals surface area contributed by atoms with Crippen molar-refractivity contribution in [3.05, 3.63) is 52.7 Å². The number of hydrogen-bond acceptors (Lipinski definition) is 2. The first-order valence-electron chi connectivity index (χ1n) is 6.40. The maximum absolute atomic E-state index is 8.82. The molecule has 1 aromatic heterocycles. The summed E-state index contributed by atoms with van der Waals surface area (Å²) in [5.74, 6) is 0. The van der Waals surface area contributed by atoms with Gasteiger partial charge in [-0.25, -0.2) is 4.98 Å². The van der Waals surface area contributed by atoms with Crippen molar-refractivity contribution in [2.75, 3.05) is 0 Å². The van der Waals surface area contributed by atoms with Crippen molar-refractivity contribution in [3.63, 3.8) is 0 Å². The summed E-state index contributed by atoms with van der Waals surface area (Å²) in [6.45, 7) is 2.19. The normalized spacial score (nSPS) is 10.2. The topological polar surface area (TPSA) is 36.7 Å². The maximum atomic E-state index is 8.82. The largest absolute Gasteiger partial charge is 0.235 e. The quantitative estimate of drug-likeness (QED) is 0.760. The molecule has 0 fully saturated rings. The number of unbranched alkanes of at least 4 members (excludes halogenated alkanes) is 1. The summed E-state index contributed by atoms with van der Waals surface area (Å²) in [4.78, 5) is 4.25. The number of pyridine rings is 1. The highest BCUT2D eigenvalue weighted by molar-refractivity contribution is 6.30. The first-order chi connectivity index (χ1) is 9.24. The highest BCUT2D eigenvalue weighted by Gasteiger charge is 2.05. The van der Waals surface area contributed by atoms with Gasteiger partial charge in [0.15, 0.2) is 0 Å². The average molecular weight is 271 g/mol. The number of benzene rings is 1. The number of rotatable bonds is 4. The van der Waals surface area contributed by atoms with Gasteiger partial charge < -0.3 is 0 Å². The van der Waals surface area contributed by atoms with Gasteiger partial charge in [0.1, 0.15) is 11.2 Å². The zero-order valence-electron chi connectivity index (χ0n) is 10.9. The lowest BCUT2D eigenvalue weighted by Crippen LogP contribution is -1.89. The van der Waals surface area contributed by atoms with Crippen LogP contribution in [0.4, 0.5) is 0 Å². The van der Waals surface area contributed by atoms with E-state index in [-0.39, 0.29) is 5.15 Å². The van der Waals surface area contributed by atoms with Crippen LogP contribution >= 0.6 is 11.6 Å². The van der Waals surface area contributed by atoms with Crippen molar-refractivity contribution >= 4 is 11.6 Å². The molecule has 0 aliphatic carbocycles. The second kappa shape index (κ2) is 6.36. The van der Waals surface area contributed by atoms with Crippen molar-refractivity contribution in [1.82, 2.24) is 4.98 Å². The average Bonchev–Trinajstić information content (AvgIpc) is 2.45. The van der Waals surface area contributed by atoms with E-state index in [1.165, 1.54) is 18.4 Å². The summed E-state index contributed by atoms with van der Waals surface area (Å²) in [6.07, 6.45) is 3.52. The van der Waals surface area contributed by atoms with Gasteiger partial charge in [-0.1, -0.05) is 49.2 Å². The molecule has 2 aromatic rings. The SMILES string of the molecule is CCCCc1ccc(-c2ccc(C#N)c(Cl)n2)cc1. The van der Waals surface area contributed by atoms with E-state index >= 15 is 0 Å². The molecular weight excluding hydrogens is 256 g/mol. The second-order valence-corrected chi connectivity index (χ2v) is 4.81. The van der Waals surface area contributed by atoms with Crippen molar-refractivity contribution < 1.29 is 0 Å². The molecule has 19 heavy (non-hydrogen) atoms. The van der Waals surface area contributed by atoms with Crippen LogP contribution in [0.25, 0.3) is 11.3 Å². The van der Waals surface area contributed by atoms with Crippen LogP contribution in [-0.4, -0.2) is 4.98 Å². The summed E-state index contributed by atoms with van der Waals surface area (Å²) in [5.41, 5.74) is 3.56. The third kappa shape index (κ3) is 3.33. The summed E-state index contributed by atoms with van der Waals surface area (Å²) in [6, 6.07) is 13.9. The number of hydrogen-bond donors (Lipinski definition) is 0. The van der Waals surface area contributed by atoms with Gasteiger partial charge in [0.05, 0.1) is 11.3 Å². The first-order valence-corrected chi connectivity index (χ1v) is 6.78. The Kier molecular flexibility index (Phi) is 4.54. The molecule has 1 heterocycles. The Labute approximate surface area is 118 Å². The molecule has 0 saturated carbocycles. The molecular formula is C16H15ClN2. The van der Waals surface area contributed by atoms with E-state index in [2.05, 4.69) is 36.2 Å². The van der Waals surface area contributed by atoms with Gasteiger partial charge in [0.2, 0.25) is 0 Å². The van der Waals surface area contributed by atoms with Crippen LogP contribution in [0.1, 0.15) is 30.9 Å². The standard InChI is InChI=1S/C16H15ClN2/c1-2-3-4-12-5-7-13(8-6-12)15-10-9-14(11-18)16(17)19-15/h5-10H,2-4H2,1H3. The molecule has 0 unspecified atom stereocenters. The fourth-order valence-corrected chi connectivity index (χ4v) is 2.10. The predicted octanol–water partition coefficient (Wildman–Crippen LogP) is 4.62. The minimum Gasteiger partial charge on any atom is -0.235 e. The van der Waals surface area contributed by atoms with Crippen LogP contribution in [0, 0.1) is 11.3 Å². The zero-order chi connectivity index (χ0) is 13.7. The van der Waals surface area contributed by atoms with Gasteiger partial charge in [-0.3, -0.25) is 0 Å². The molecule has 1 aromatic carbocycles. The van der Waals surface area contributed by atoms with E-state index in [1.54, 1.807) is 6.07 Å².